The van der Waals surface area contributed by atoms with Crippen molar-refractivity contribution in [1.29, 1.82) is 0 Å². The minimum absolute atomic E-state index is 0.0444. The van der Waals surface area contributed by atoms with E-state index in [4.69, 9.17) is 14.2 Å². The molecular weight excluding hydrogens is 524 g/mol. The Bertz CT molecular complexity index is 1260. The van der Waals surface area contributed by atoms with Gasteiger partial charge in [0.05, 0.1) is 6.10 Å². The number of carbonyl (C=O) groups excluding carboxylic acids is 3. The molecule has 8 heteroatoms. The van der Waals surface area contributed by atoms with Crippen molar-refractivity contribution in [1.82, 2.24) is 0 Å². The number of hydrogen-bond donors (Lipinski definition) is 2. The SMILES string of the molecule is C=C1[C@@H](OC(=O)/C=C\c2ccccc2)C[C@H](O)[C@]2(C)[C@@H]1C[C@H]1C[C@H](OC(C)=O)C(C)=C([C@@H](OC(C)=O)[C@@H]2O)C1(C)C. The summed E-state index contributed by atoms with van der Waals surface area (Å²) in [7, 11) is 0. The largest absolute Gasteiger partial charge is 0.458 e. The number of hydrogen-bond acceptors (Lipinski definition) is 8. The lowest BCUT2D eigenvalue weighted by molar-refractivity contribution is -0.189. The minimum Gasteiger partial charge on any atom is -0.458 e. The van der Waals surface area contributed by atoms with E-state index in [0.717, 1.165) is 11.1 Å². The van der Waals surface area contributed by atoms with Crippen molar-refractivity contribution < 1.29 is 38.8 Å². The molecule has 8 atom stereocenters. The molecule has 2 N–H and O–H groups in total. The van der Waals surface area contributed by atoms with Gasteiger partial charge in [-0.1, -0.05) is 57.7 Å². The van der Waals surface area contributed by atoms with Gasteiger partial charge >= 0.3 is 17.9 Å². The third-order valence-electron chi connectivity index (χ3n) is 9.69. The Kier molecular flexibility index (Phi) is 8.67. The average Bonchev–Trinajstić information content (AvgIpc) is 2.89. The predicted molar refractivity (Wildman–Crippen MR) is 153 cm³/mol. The summed E-state index contributed by atoms with van der Waals surface area (Å²) in [5, 5.41) is 23.6. The molecule has 0 radical (unpaired) electrons. The van der Waals surface area contributed by atoms with E-state index in [-0.39, 0.29) is 12.3 Å². The van der Waals surface area contributed by atoms with Crippen LogP contribution in [0.1, 0.15) is 66.4 Å². The number of ether oxygens (including phenoxy) is 3. The molecule has 41 heavy (non-hydrogen) atoms. The fraction of sp³-hybridized carbons (Fsp3) is 0.545. The van der Waals surface area contributed by atoms with Gasteiger partial charge in [0, 0.05) is 31.8 Å². The zero-order valence-corrected chi connectivity index (χ0v) is 24.8. The van der Waals surface area contributed by atoms with Crippen LogP contribution in [-0.2, 0) is 28.6 Å². The fourth-order valence-corrected chi connectivity index (χ4v) is 7.33. The monoisotopic (exact) mass is 566 g/mol. The van der Waals surface area contributed by atoms with E-state index < -0.39 is 65.2 Å². The van der Waals surface area contributed by atoms with Crippen LogP contribution >= 0.6 is 0 Å². The molecule has 2 saturated carbocycles. The predicted octanol–water partition coefficient (Wildman–Crippen LogP) is 4.55. The van der Waals surface area contributed by atoms with Gasteiger partial charge in [-0.15, -0.1) is 0 Å². The summed E-state index contributed by atoms with van der Waals surface area (Å²) in [6, 6.07) is 9.36. The van der Waals surface area contributed by atoms with Crippen molar-refractivity contribution in [2.45, 2.75) is 91.3 Å². The van der Waals surface area contributed by atoms with Gasteiger partial charge < -0.3 is 24.4 Å². The summed E-state index contributed by atoms with van der Waals surface area (Å²) < 4.78 is 17.3. The molecule has 0 spiro atoms. The van der Waals surface area contributed by atoms with E-state index in [1.165, 1.54) is 19.9 Å². The van der Waals surface area contributed by atoms with Crippen LogP contribution in [0, 0.1) is 22.7 Å². The summed E-state index contributed by atoms with van der Waals surface area (Å²) >= 11 is 0. The van der Waals surface area contributed by atoms with Crippen LogP contribution in [0.25, 0.3) is 6.08 Å². The maximum Gasteiger partial charge on any atom is 0.331 e. The molecule has 2 fully saturated rings. The van der Waals surface area contributed by atoms with Crippen molar-refractivity contribution in [3.63, 3.8) is 0 Å². The first-order valence-corrected chi connectivity index (χ1v) is 14.2. The standard InChI is InChI=1S/C33H42O8/c1-18-24-15-23-16-25(39-20(3)34)19(2)29(32(23,5)6)30(40-21(4)35)31(38)33(24,7)27(36)17-26(18)41-28(37)14-13-22-11-9-8-10-12-22/h8-14,23-27,30-31,36,38H,1,15-17H2,2-7H3/b14-13-/t23-,24+,25-,26-,27-,30+,31-,33-/m0/s1. The molecule has 0 amide bonds. The van der Waals surface area contributed by atoms with Crippen molar-refractivity contribution in [3.8, 4) is 0 Å². The second kappa shape index (κ2) is 11.6. The lowest BCUT2D eigenvalue weighted by Gasteiger charge is -2.58. The van der Waals surface area contributed by atoms with Crippen LogP contribution in [0.15, 0.2) is 59.7 Å². The lowest BCUT2D eigenvalue weighted by atomic mass is 9.49. The number of esters is 3. The molecule has 0 saturated heterocycles. The highest BCUT2D eigenvalue weighted by Gasteiger charge is 2.61. The average molecular weight is 567 g/mol. The molecule has 3 aliphatic carbocycles. The highest BCUT2D eigenvalue weighted by atomic mass is 16.6. The Labute approximate surface area is 242 Å². The number of carbonyl (C=O) groups is 3. The Hall–Kier alpha value is -3.23. The molecule has 0 unspecified atom stereocenters. The number of benzene rings is 1. The molecule has 1 aromatic rings. The zero-order chi connectivity index (χ0) is 30.3. The van der Waals surface area contributed by atoms with Crippen LogP contribution in [0.4, 0.5) is 0 Å². The van der Waals surface area contributed by atoms with Crippen molar-refractivity contribution >= 4 is 24.0 Å². The Morgan fingerprint density at radius 1 is 0.927 bits per heavy atom. The van der Waals surface area contributed by atoms with Gasteiger partial charge in [0.25, 0.3) is 0 Å². The van der Waals surface area contributed by atoms with E-state index in [1.807, 2.05) is 51.1 Å². The van der Waals surface area contributed by atoms with Crippen LogP contribution in [0.2, 0.25) is 0 Å². The first-order valence-electron chi connectivity index (χ1n) is 14.2. The van der Waals surface area contributed by atoms with Crippen LogP contribution in [-0.4, -0.2) is 58.6 Å². The highest BCUT2D eigenvalue weighted by Crippen LogP contribution is 2.59. The maximum atomic E-state index is 12.8. The molecule has 8 nitrogen and oxygen atoms in total. The molecular formula is C33H42O8. The molecule has 3 aliphatic rings. The topological polar surface area (TPSA) is 119 Å². The molecule has 222 valence electrons. The van der Waals surface area contributed by atoms with E-state index in [2.05, 4.69) is 6.58 Å². The Morgan fingerprint density at radius 2 is 1.56 bits per heavy atom. The summed E-state index contributed by atoms with van der Waals surface area (Å²) in [6.07, 6.45) is -0.733. The first kappa shape index (κ1) is 30.7. The first-order chi connectivity index (χ1) is 19.2. The summed E-state index contributed by atoms with van der Waals surface area (Å²) in [4.78, 5) is 37.2. The molecule has 0 aliphatic heterocycles. The second-order valence-electron chi connectivity index (χ2n) is 12.5. The number of rotatable bonds is 5. The lowest BCUT2D eigenvalue weighted by Crippen LogP contribution is -2.63. The van der Waals surface area contributed by atoms with E-state index in [0.29, 0.717) is 24.0 Å². The van der Waals surface area contributed by atoms with Gasteiger partial charge in [0.15, 0.2) is 6.10 Å². The fourth-order valence-electron chi connectivity index (χ4n) is 7.33. The normalized spacial score (nSPS) is 34.7. The molecule has 0 heterocycles. The summed E-state index contributed by atoms with van der Waals surface area (Å²) in [6.45, 7) is 14.7. The van der Waals surface area contributed by atoms with Crippen LogP contribution < -0.4 is 0 Å². The van der Waals surface area contributed by atoms with Gasteiger partial charge in [-0.2, -0.15) is 0 Å². The van der Waals surface area contributed by atoms with E-state index >= 15 is 0 Å². The second-order valence-corrected chi connectivity index (χ2v) is 12.5. The van der Waals surface area contributed by atoms with Gasteiger partial charge in [0.1, 0.15) is 18.3 Å². The molecule has 4 rings (SSSR count). The van der Waals surface area contributed by atoms with Crippen molar-refractivity contribution in [2.75, 3.05) is 0 Å². The maximum absolute atomic E-state index is 12.8. The van der Waals surface area contributed by atoms with Gasteiger partial charge in [-0.3, -0.25) is 9.59 Å². The third kappa shape index (κ3) is 5.77. The minimum atomic E-state index is -1.31. The number of aliphatic hydroxyl groups excluding tert-OH is 2. The Morgan fingerprint density at radius 3 is 2.17 bits per heavy atom. The smallest absolute Gasteiger partial charge is 0.331 e. The Balaban J connectivity index is 1.73. The molecule has 0 aromatic heterocycles. The van der Waals surface area contributed by atoms with Crippen molar-refractivity contribution in [3.05, 3.63) is 65.3 Å². The third-order valence-corrected chi connectivity index (χ3v) is 9.69. The number of aliphatic hydroxyl groups is 2. The van der Waals surface area contributed by atoms with Gasteiger partial charge in [-0.25, -0.2) is 4.79 Å². The van der Waals surface area contributed by atoms with Crippen LogP contribution in [0.3, 0.4) is 0 Å². The molecule has 1 aromatic carbocycles. The number of fused-ring (bicyclic) bond motifs is 3. The van der Waals surface area contributed by atoms with E-state index in [9.17, 15) is 24.6 Å². The quantitative estimate of drug-likeness (QED) is 0.231. The van der Waals surface area contributed by atoms with Gasteiger partial charge in [0.2, 0.25) is 0 Å². The van der Waals surface area contributed by atoms with Crippen molar-refractivity contribution in [2.24, 2.45) is 22.7 Å². The zero-order valence-electron chi connectivity index (χ0n) is 24.8. The highest BCUT2D eigenvalue weighted by molar-refractivity contribution is 5.87. The van der Waals surface area contributed by atoms with Crippen LogP contribution in [0.5, 0.6) is 0 Å². The van der Waals surface area contributed by atoms with Gasteiger partial charge in [-0.05, 0) is 65.4 Å². The summed E-state index contributed by atoms with van der Waals surface area (Å²) in [5.74, 6) is -2.13. The summed E-state index contributed by atoms with van der Waals surface area (Å²) in [5.41, 5.74) is 1.19. The molecule has 2 bridgehead atoms. The van der Waals surface area contributed by atoms with E-state index in [1.54, 1.807) is 13.0 Å².